The zero-order valence-electron chi connectivity index (χ0n) is 9.41. The molecule has 2 rings (SSSR count). The smallest absolute Gasteiger partial charge is 0.376 e. The van der Waals surface area contributed by atoms with Crippen LogP contribution in [0.1, 0.15) is 17.5 Å². The number of halogens is 1. The highest BCUT2D eigenvalue weighted by Gasteiger charge is 2.21. The second-order valence-corrected chi connectivity index (χ2v) is 4.20. The average molecular weight is 299 g/mol. The van der Waals surface area contributed by atoms with Gasteiger partial charge in [0.2, 0.25) is 11.5 Å². The zero-order chi connectivity index (χ0) is 12.4. The van der Waals surface area contributed by atoms with E-state index >= 15 is 0 Å². The Hall–Kier alpha value is -1.56. The van der Waals surface area contributed by atoms with Gasteiger partial charge in [0, 0.05) is 17.7 Å². The van der Waals surface area contributed by atoms with Crippen molar-refractivity contribution in [1.82, 2.24) is 4.98 Å². The molecule has 2 aromatic rings. The number of hydrogen-bond acceptors (Lipinski definition) is 5. The molecule has 6 heteroatoms. The van der Waals surface area contributed by atoms with Crippen molar-refractivity contribution in [2.45, 2.75) is 6.92 Å². The number of pyridine rings is 1. The Morgan fingerprint density at radius 1 is 1.65 bits per heavy atom. The lowest BCUT2D eigenvalue weighted by Crippen LogP contribution is -2.05. The number of rotatable bonds is 3. The van der Waals surface area contributed by atoms with Gasteiger partial charge in [-0.2, -0.15) is 0 Å². The lowest BCUT2D eigenvalue weighted by Gasteiger charge is -2.01. The van der Waals surface area contributed by atoms with E-state index in [-0.39, 0.29) is 5.76 Å². The standard InChI is InChI=1S/C11H11BrN2O3/c1-3-16-11(15)9-8(13-2)7-4-6(12)5-14-10(7)17-9/h4-5,13H,3H2,1-2H3. The molecular weight excluding hydrogens is 288 g/mol. The van der Waals surface area contributed by atoms with Crippen molar-refractivity contribution in [1.29, 1.82) is 0 Å². The highest BCUT2D eigenvalue weighted by molar-refractivity contribution is 9.10. The molecule has 5 nitrogen and oxygen atoms in total. The van der Waals surface area contributed by atoms with E-state index in [9.17, 15) is 4.79 Å². The maximum atomic E-state index is 11.7. The topological polar surface area (TPSA) is 64.4 Å². The highest BCUT2D eigenvalue weighted by atomic mass is 79.9. The molecular formula is C11H11BrN2O3. The first-order chi connectivity index (χ1) is 8.17. The Balaban J connectivity index is 2.60. The van der Waals surface area contributed by atoms with Crippen LogP contribution in [0.2, 0.25) is 0 Å². The fourth-order valence-corrected chi connectivity index (χ4v) is 1.88. The van der Waals surface area contributed by atoms with Crippen LogP contribution >= 0.6 is 15.9 Å². The van der Waals surface area contributed by atoms with Crippen molar-refractivity contribution < 1.29 is 13.9 Å². The van der Waals surface area contributed by atoms with E-state index in [4.69, 9.17) is 9.15 Å². The summed E-state index contributed by atoms with van der Waals surface area (Å²) in [7, 11) is 1.72. The first-order valence-corrected chi connectivity index (χ1v) is 5.89. The zero-order valence-corrected chi connectivity index (χ0v) is 11.0. The molecule has 0 amide bonds. The number of carbonyl (C=O) groups is 1. The highest BCUT2D eigenvalue weighted by Crippen LogP contribution is 2.31. The van der Waals surface area contributed by atoms with E-state index in [1.807, 2.05) is 6.07 Å². The summed E-state index contributed by atoms with van der Waals surface area (Å²) in [5.41, 5.74) is 0.993. The summed E-state index contributed by atoms with van der Waals surface area (Å²) < 4.78 is 11.1. The molecule has 0 unspecified atom stereocenters. The van der Waals surface area contributed by atoms with Crippen molar-refractivity contribution in [3.05, 3.63) is 22.5 Å². The van der Waals surface area contributed by atoms with Gasteiger partial charge in [0.15, 0.2) is 0 Å². The van der Waals surface area contributed by atoms with E-state index in [0.717, 1.165) is 9.86 Å². The number of furan rings is 1. The number of aromatic nitrogens is 1. The number of carbonyl (C=O) groups excluding carboxylic acids is 1. The summed E-state index contributed by atoms with van der Waals surface area (Å²) in [5.74, 6) is -0.346. The van der Waals surface area contributed by atoms with E-state index in [1.165, 1.54) is 0 Å². The molecule has 2 aromatic heterocycles. The number of nitrogens with one attached hydrogen (secondary N) is 1. The number of esters is 1. The number of hydrogen-bond donors (Lipinski definition) is 1. The molecule has 1 N–H and O–H groups in total. The normalized spacial score (nSPS) is 10.5. The molecule has 0 saturated heterocycles. The van der Waals surface area contributed by atoms with Crippen LogP contribution in [0, 0.1) is 0 Å². The Morgan fingerprint density at radius 3 is 3.06 bits per heavy atom. The molecule has 0 radical (unpaired) electrons. The van der Waals surface area contributed by atoms with Crippen LogP contribution in [0.3, 0.4) is 0 Å². The minimum absolute atomic E-state index is 0.148. The third kappa shape index (κ3) is 2.12. The van der Waals surface area contributed by atoms with Crippen LogP contribution < -0.4 is 5.32 Å². The number of nitrogens with zero attached hydrogens (tertiary/aromatic N) is 1. The SMILES string of the molecule is CCOC(=O)c1oc2ncc(Br)cc2c1NC. The molecule has 0 aliphatic carbocycles. The van der Waals surface area contributed by atoms with Gasteiger partial charge in [-0.3, -0.25) is 0 Å². The van der Waals surface area contributed by atoms with Crippen LogP contribution in [0.25, 0.3) is 11.1 Å². The first-order valence-electron chi connectivity index (χ1n) is 5.10. The Bertz CT molecular complexity index is 565. The van der Waals surface area contributed by atoms with Gasteiger partial charge >= 0.3 is 5.97 Å². The Kier molecular flexibility index (Phi) is 3.33. The quantitative estimate of drug-likeness (QED) is 0.883. The van der Waals surface area contributed by atoms with Crippen LogP contribution in [0.5, 0.6) is 0 Å². The minimum atomic E-state index is -0.494. The molecule has 0 aliphatic heterocycles. The molecule has 90 valence electrons. The van der Waals surface area contributed by atoms with Gasteiger partial charge in [-0.05, 0) is 28.9 Å². The Morgan fingerprint density at radius 2 is 2.41 bits per heavy atom. The van der Waals surface area contributed by atoms with Crippen molar-refractivity contribution in [2.75, 3.05) is 19.0 Å². The molecule has 0 bridgehead atoms. The van der Waals surface area contributed by atoms with E-state index in [2.05, 4.69) is 26.2 Å². The fourth-order valence-electron chi connectivity index (χ4n) is 1.55. The fraction of sp³-hybridized carbons (Fsp3) is 0.273. The summed E-state index contributed by atoms with van der Waals surface area (Å²) in [6.45, 7) is 2.05. The van der Waals surface area contributed by atoms with E-state index < -0.39 is 5.97 Å². The summed E-state index contributed by atoms with van der Waals surface area (Å²) >= 11 is 3.32. The summed E-state index contributed by atoms with van der Waals surface area (Å²) in [6.07, 6.45) is 1.61. The predicted octanol–water partition coefficient (Wildman–Crippen LogP) is 2.81. The van der Waals surface area contributed by atoms with E-state index in [0.29, 0.717) is 18.0 Å². The van der Waals surface area contributed by atoms with Gasteiger partial charge in [-0.1, -0.05) is 0 Å². The largest absolute Gasteiger partial charge is 0.460 e. The predicted molar refractivity (Wildman–Crippen MR) is 67.2 cm³/mol. The molecule has 0 spiro atoms. The van der Waals surface area contributed by atoms with Gasteiger partial charge in [-0.25, -0.2) is 9.78 Å². The van der Waals surface area contributed by atoms with Crippen molar-refractivity contribution in [2.24, 2.45) is 0 Å². The van der Waals surface area contributed by atoms with Gasteiger partial charge in [0.05, 0.1) is 17.7 Å². The maximum absolute atomic E-state index is 11.7. The second kappa shape index (κ2) is 4.75. The van der Waals surface area contributed by atoms with Crippen LogP contribution in [-0.2, 0) is 4.74 Å². The monoisotopic (exact) mass is 298 g/mol. The maximum Gasteiger partial charge on any atom is 0.376 e. The minimum Gasteiger partial charge on any atom is -0.460 e. The molecule has 17 heavy (non-hydrogen) atoms. The molecule has 0 atom stereocenters. The van der Waals surface area contributed by atoms with Crippen LogP contribution in [0.15, 0.2) is 21.2 Å². The van der Waals surface area contributed by atoms with Gasteiger partial charge in [0.25, 0.3) is 0 Å². The summed E-state index contributed by atoms with van der Waals surface area (Å²) in [5, 5.41) is 3.67. The lowest BCUT2D eigenvalue weighted by atomic mass is 10.2. The Labute approximate surface area is 106 Å². The van der Waals surface area contributed by atoms with Gasteiger partial charge < -0.3 is 14.5 Å². The lowest BCUT2D eigenvalue weighted by molar-refractivity contribution is 0.0494. The third-order valence-corrected chi connectivity index (χ3v) is 2.66. The van der Waals surface area contributed by atoms with Crippen molar-refractivity contribution >= 4 is 38.7 Å². The molecule has 2 heterocycles. The second-order valence-electron chi connectivity index (χ2n) is 3.28. The molecule has 0 saturated carbocycles. The first kappa shape index (κ1) is 11.9. The van der Waals surface area contributed by atoms with Crippen LogP contribution in [-0.4, -0.2) is 24.6 Å². The van der Waals surface area contributed by atoms with Crippen LogP contribution in [0.4, 0.5) is 5.69 Å². The number of ether oxygens (including phenoxy) is 1. The number of anilines is 1. The molecule has 0 fully saturated rings. The molecule has 0 aromatic carbocycles. The summed E-state index contributed by atoms with van der Waals surface area (Å²) in [6, 6.07) is 1.83. The summed E-state index contributed by atoms with van der Waals surface area (Å²) in [4.78, 5) is 15.8. The van der Waals surface area contributed by atoms with E-state index in [1.54, 1.807) is 20.2 Å². The van der Waals surface area contributed by atoms with Crippen molar-refractivity contribution in [3.63, 3.8) is 0 Å². The molecule has 0 aliphatic rings. The third-order valence-electron chi connectivity index (χ3n) is 2.22. The average Bonchev–Trinajstić information content (AvgIpc) is 2.67. The van der Waals surface area contributed by atoms with Gasteiger partial charge in [-0.15, -0.1) is 0 Å². The van der Waals surface area contributed by atoms with Crippen molar-refractivity contribution in [3.8, 4) is 0 Å². The number of fused-ring (bicyclic) bond motifs is 1. The van der Waals surface area contributed by atoms with Gasteiger partial charge in [0.1, 0.15) is 0 Å².